The van der Waals surface area contributed by atoms with Crippen molar-refractivity contribution in [1.29, 1.82) is 0 Å². The molecule has 0 spiro atoms. The third-order valence-corrected chi connectivity index (χ3v) is 4.22. The van der Waals surface area contributed by atoms with Crippen molar-refractivity contribution in [3.05, 3.63) is 57.1 Å². The van der Waals surface area contributed by atoms with Crippen LogP contribution in [0.25, 0.3) is 11.0 Å². The molecule has 1 saturated heterocycles. The highest BCUT2D eigenvalue weighted by molar-refractivity contribution is 5.79. The van der Waals surface area contributed by atoms with E-state index in [1.807, 2.05) is 0 Å². The van der Waals surface area contributed by atoms with E-state index < -0.39 is 120 Å². The fourth-order valence-electron chi connectivity index (χ4n) is 2.79. The van der Waals surface area contributed by atoms with E-state index >= 15 is 0 Å². The van der Waals surface area contributed by atoms with Gasteiger partial charge in [-0.2, -0.15) is 0 Å². The van der Waals surface area contributed by atoms with Crippen LogP contribution in [-0.2, 0) is 19.2 Å². The summed E-state index contributed by atoms with van der Waals surface area (Å²) in [4.78, 5) is 16.8. The monoisotopic (exact) mass is 431 g/mol. The van der Waals surface area contributed by atoms with Gasteiger partial charge in [-0.15, -0.1) is 0 Å². The third-order valence-electron chi connectivity index (χ3n) is 4.22. The number of hydrogen-bond donors (Lipinski definition) is 0. The normalized spacial score (nSPS) is 43.9. The predicted molar refractivity (Wildman–Crippen MR) is 112 cm³/mol. The van der Waals surface area contributed by atoms with Crippen LogP contribution in [0.5, 0.6) is 0 Å². The fraction of sp³-hybridized carbons (Fsp3) is 0.522. The molecule has 0 saturated carbocycles. The molecule has 2 aliphatic heterocycles. The Hall–Kier alpha value is -2.54. The van der Waals surface area contributed by atoms with Gasteiger partial charge in [-0.25, -0.2) is 9.37 Å². The van der Waals surface area contributed by atoms with Crippen molar-refractivity contribution in [2.45, 2.75) is 57.6 Å². The summed E-state index contributed by atoms with van der Waals surface area (Å²) in [6, 6.07) is 2.37. The van der Waals surface area contributed by atoms with Crippen molar-refractivity contribution in [3.8, 4) is 0 Å². The minimum absolute atomic E-state index is 0.365. The molecule has 6 nitrogen and oxygen atoms in total. The molecule has 158 valence electrons. The number of rotatable bonds is 4. The maximum atomic E-state index is 14.0. The summed E-state index contributed by atoms with van der Waals surface area (Å²) >= 11 is 0. The minimum Gasteiger partial charge on any atom is -0.356 e. The standard InChI is InChI=1S/C23H27FN4O2/c1-15-18(23(29)28-10-3-2-4-21(28)25-15)9-13-27-11-7-16(8-12-27)22-19-6-5-17(24)14-20(19)30-26-22/h5-6,14,16H,2-4,7-13H2,1H3/i2D2,3D2,4D2,7D2,8D2,9D2,10D2,11D2,12D2,13D2,16D. The van der Waals surface area contributed by atoms with E-state index in [0.717, 1.165) is 19.1 Å². The van der Waals surface area contributed by atoms with Gasteiger partial charge in [0, 0.05) is 76.8 Å². The van der Waals surface area contributed by atoms with Gasteiger partial charge in [-0.3, -0.25) is 9.36 Å². The molecular formula is C23H27FN4O2. The molecule has 5 rings (SSSR count). The molecule has 1 fully saturated rings. The molecule has 0 N–H and O–H groups in total. The fourth-order valence-corrected chi connectivity index (χ4v) is 2.79. The van der Waals surface area contributed by atoms with E-state index in [4.69, 9.17) is 33.3 Å². The molecule has 2 aliphatic rings. The van der Waals surface area contributed by atoms with Crippen molar-refractivity contribution in [2.75, 3.05) is 19.5 Å². The van der Waals surface area contributed by atoms with Crippen LogP contribution in [0.3, 0.4) is 0 Å². The van der Waals surface area contributed by atoms with Gasteiger partial charge in [0.15, 0.2) is 5.58 Å². The Morgan fingerprint density at radius 2 is 2.17 bits per heavy atom. The van der Waals surface area contributed by atoms with Crippen LogP contribution < -0.4 is 5.56 Å². The second-order valence-corrected chi connectivity index (χ2v) is 6.12. The first-order valence-corrected chi connectivity index (χ1v) is 8.53. The number of fused-ring (bicyclic) bond motifs is 2. The highest BCUT2D eigenvalue weighted by Crippen LogP contribution is 2.32. The Bertz CT molecular complexity index is 1990. The first kappa shape index (κ1) is 6.99. The smallest absolute Gasteiger partial charge is 0.256 e. The van der Waals surface area contributed by atoms with Gasteiger partial charge in [0.25, 0.3) is 5.56 Å². The van der Waals surface area contributed by atoms with Gasteiger partial charge in [0.1, 0.15) is 11.6 Å². The maximum Gasteiger partial charge on any atom is 0.256 e. The summed E-state index contributed by atoms with van der Waals surface area (Å²) in [5.41, 5.74) is -6.15. The lowest BCUT2D eigenvalue weighted by Crippen LogP contribution is -2.37. The summed E-state index contributed by atoms with van der Waals surface area (Å²) in [6.07, 6.45) is -23.6. The van der Waals surface area contributed by atoms with Gasteiger partial charge in [0.05, 0.1) is 5.69 Å². The summed E-state index contributed by atoms with van der Waals surface area (Å²) in [7, 11) is 0. The Morgan fingerprint density at radius 1 is 1.33 bits per heavy atom. The molecular weight excluding hydrogens is 383 g/mol. The number of benzene rings is 1. The van der Waals surface area contributed by atoms with E-state index in [2.05, 4.69) is 10.1 Å². The second kappa shape index (κ2) is 7.95. The summed E-state index contributed by atoms with van der Waals surface area (Å²) in [5, 5.41) is 3.00. The van der Waals surface area contributed by atoms with Crippen molar-refractivity contribution < 1.29 is 37.7 Å². The van der Waals surface area contributed by atoms with Crippen LogP contribution in [0.15, 0.2) is 27.5 Å². The topological polar surface area (TPSA) is 64.2 Å². The number of halogens is 1. The van der Waals surface area contributed by atoms with Crippen molar-refractivity contribution >= 4 is 11.0 Å². The number of piperidine rings is 1. The quantitative estimate of drug-likeness (QED) is 0.632. The first-order chi connectivity index (χ1) is 22.5. The molecule has 0 radical (unpaired) electrons. The number of hydrogen-bond acceptors (Lipinski definition) is 5. The molecule has 30 heavy (non-hydrogen) atoms. The summed E-state index contributed by atoms with van der Waals surface area (Å²) in [6.45, 7) is -16.1. The van der Waals surface area contributed by atoms with Crippen LogP contribution in [0.2, 0.25) is 0 Å². The summed E-state index contributed by atoms with van der Waals surface area (Å²) < 4.78 is 198. The Kier molecular flexibility index (Phi) is 1.85. The highest BCUT2D eigenvalue weighted by Gasteiger charge is 2.25. The molecule has 0 atom stereocenters. The molecule has 0 unspecified atom stereocenters. The molecule has 3 aromatic rings. The zero-order valence-electron chi connectivity index (χ0n) is 36.2. The summed E-state index contributed by atoms with van der Waals surface area (Å²) in [5.74, 6) is -6.09. The lowest BCUT2D eigenvalue weighted by Gasteiger charge is -2.31. The highest BCUT2D eigenvalue weighted by atomic mass is 19.1. The van der Waals surface area contributed by atoms with Crippen molar-refractivity contribution in [3.63, 3.8) is 0 Å². The maximum absolute atomic E-state index is 14.0. The molecule has 0 aliphatic carbocycles. The van der Waals surface area contributed by atoms with Gasteiger partial charge < -0.3 is 9.42 Å². The molecule has 7 heteroatoms. The molecule has 2 aromatic heterocycles. The van der Waals surface area contributed by atoms with Crippen LogP contribution >= 0.6 is 0 Å². The van der Waals surface area contributed by atoms with E-state index in [0.29, 0.717) is 6.07 Å². The van der Waals surface area contributed by atoms with E-state index in [9.17, 15) is 9.18 Å². The van der Waals surface area contributed by atoms with Crippen LogP contribution in [0.4, 0.5) is 4.39 Å². The SMILES string of the molecule is [2H]C([2H])(c1c(C)nc2n(c1=O)C([2H])([2H])C([2H])([2H])C([2H])([2H])C2([2H])[2H])C([2H])([2H])N1C([2H])([2H])C([2H])([2H])C([2H])(c2noc3cc(F)ccc23)C([2H])([2H])C1([2H])[2H]. The van der Waals surface area contributed by atoms with Crippen LogP contribution in [0, 0.1) is 12.7 Å². The predicted octanol–water partition coefficient (Wildman–Crippen LogP) is 3.59. The van der Waals surface area contributed by atoms with Crippen molar-refractivity contribution in [2.24, 2.45) is 0 Å². The lowest BCUT2D eigenvalue weighted by atomic mass is 9.91. The average Bonchev–Trinajstić information content (AvgIpc) is 3.37. The number of likely N-dealkylation sites (tertiary alicyclic amines) is 1. The Balaban J connectivity index is 1.79. The van der Waals surface area contributed by atoms with Crippen molar-refractivity contribution in [1.82, 2.24) is 19.6 Å². The molecule has 1 aromatic carbocycles. The van der Waals surface area contributed by atoms with E-state index in [1.54, 1.807) is 0 Å². The zero-order valence-corrected chi connectivity index (χ0v) is 15.2. The third kappa shape index (κ3) is 3.55. The van der Waals surface area contributed by atoms with Gasteiger partial charge in [0.2, 0.25) is 0 Å². The van der Waals surface area contributed by atoms with Gasteiger partial charge >= 0.3 is 0 Å². The van der Waals surface area contributed by atoms with E-state index in [-0.39, 0.29) is 4.57 Å². The molecule has 0 amide bonds. The minimum atomic E-state index is -4.43. The number of nitrogens with zero attached hydrogens (tertiary/aromatic N) is 4. The van der Waals surface area contributed by atoms with Gasteiger partial charge in [-0.1, -0.05) is 5.16 Å². The largest absolute Gasteiger partial charge is 0.356 e. The average molecular weight is 432 g/mol. The molecule has 0 bridgehead atoms. The Morgan fingerprint density at radius 3 is 3.00 bits per heavy atom. The number of aryl methyl sites for hydroxylation is 2. The van der Waals surface area contributed by atoms with E-state index in [1.165, 1.54) is 0 Å². The second-order valence-electron chi connectivity index (χ2n) is 6.12. The van der Waals surface area contributed by atoms with Crippen LogP contribution in [-0.4, -0.2) is 39.1 Å². The van der Waals surface area contributed by atoms with Crippen LogP contribution in [0.1, 0.15) is 82.9 Å². The molecule has 4 heterocycles. The lowest BCUT2D eigenvalue weighted by molar-refractivity contribution is 0.211. The number of aromatic nitrogens is 3. The first-order valence-electron chi connectivity index (χ1n) is 19.0. The zero-order chi connectivity index (χ0) is 39.5. The van der Waals surface area contributed by atoms with Gasteiger partial charge in [-0.05, 0) is 63.9 Å². The Labute approximate surface area is 204 Å².